The molecule has 2 heterocycles. The molecule has 0 aromatic carbocycles. The molecule has 0 aromatic rings. The molecule has 2 saturated heterocycles. The molecule has 18 heavy (non-hydrogen) atoms. The van der Waals surface area contributed by atoms with Gasteiger partial charge < -0.3 is 9.47 Å². The monoisotopic (exact) mass is 251 g/mol. The van der Waals surface area contributed by atoms with Crippen molar-refractivity contribution in [3.63, 3.8) is 0 Å². The molecule has 4 aliphatic rings. The Morgan fingerprint density at radius 2 is 2.00 bits per heavy atom. The highest BCUT2D eigenvalue weighted by Gasteiger charge is 2.81. The zero-order valence-electron chi connectivity index (χ0n) is 11.2. The van der Waals surface area contributed by atoms with E-state index >= 15 is 0 Å². The van der Waals surface area contributed by atoms with E-state index in [4.69, 9.17) is 9.47 Å². The Kier molecular flexibility index (Phi) is 2.00. The van der Waals surface area contributed by atoms with E-state index in [-0.39, 0.29) is 16.6 Å². The highest BCUT2D eigenvalue weighted by atomic mass is 16.5. The number of nitrogens with zero attached hydrogens (tertiary/aromatic N) is 1. The number of Topliss-reactive ketones (excluding diaryl/α,β-unsaturated/α-hetero) is 1. The molecule has 2 aliphatic heterocycles. The number of hydrogen-bond donors (Lipinski definition) is 0. The third-order valence-electron chi connectivity index (χ3n) is 6.33. The van der Waals surface area contributed by atoms with Crippen molar-refractivity contribution in [3.05, 3.63) is 0 Å². The van der Waals surface area contributed by atoms with E-state index in [1.807, 2.05) is 0 Å². The summed E-state index contributed by atoms with van der Waals surface area (Å²) in [6, 6.07) is 0. The van der Waals surface area contributed by atoms with E-state index in [9.17, 15) is 4.79 Å². The average molecular weight is 251 g/mol. The Bertz CT molecular complexity index is 419. The first-order valence-corrected chi connectivity index (χ1v) is 7.07. The molecule has 4 fully saturated rings. The Morgan fingerprint density at radius 3 is 2.61 bits per heavy atom. The van der Waals surface area contributed by atoms with Crippen molar-refractivity contribution >= 4 is 5.78 Å². The van der Waals surface area contributed by atoms with Crippen LogP contribution >= 0.6 is 0 Å². The Hall–Kier alpha value is -0.450. The van der Waals surface area contributed by atoms with Crippen molar-refractivity contribution in [2.45, 2.75) is 37.8 Å². The van der Waals surface area contributed by atoms with Crippen LogP contribution in [0.1, 0.15) is 26.7 Å². The van der Waals surface area contributed by atoms with Crippen molar-refractivity contribution < 1.29 is 14.3 Å². The highest BCUT2D eigenvalue weighted by molar-refractivity contribution is 6.00. The topological polar surface area (TPSA) is 38.8 Å². The SMILES string of the molecule is C[C@@]12CC[C@H]3[C@@](N4CCOCC4)(CO[C@]31C)C2=O. The molecule has 4 bridgehead atoms. The maximum atomic E-state index is 13.0. The lowest BCUT2D eigenvalue weighted by Crippen LogP contribution is -2.64. The van der Waals surface area contributed by atoms with Crippen LogP contribution in [0.4, 0.5) is 0 Å². The predicted octanol–water partition coefficient (Wildman–Crippen LogP) is 0.845. The number of rotatable bonds is 1. The van der Waals surface area contributed by atoms with E-state index in [0.717, 1.165) is 39.1 Å². The van der Waals surface area contributed by atoms with E-state index in [0.29, 0.717) is 18.3 Å². The highest BCUT2D eigenvalue weighted by Crippen LogP contribution is 2.69. The summed E-state index contributed by atoms with van der Waals surface area (Å²) < 4.78 is 11.6. The van der Waals surface area contributed by atoms with Gasteiger partial charge in [0.05, 0.1) is 30.8 Å². The lowest BCUT2D eigenvalue weighted by Gasteiger charge is -2.47. The van der Waals surface area contributed by atoms with E-state index in [2.05, 4.69) is 18.7 Å². The van der Waals surface area contributed by atoms with E-state index in [1.54, 1.807) is 0 Å². The number of carbonyl (C=O) groups excluding carboxylic acids is 1. The smallest absolute Gasteiger partial charge is 0.164 e. The molecule has 0 spiro atoms. The fourth-order valence-corrected chi connectivity index (χ4v) is 5.11. The van der Waals surface area contributed by atoms with Gasteiger partial charge >= 0.3 is 0 Å². The largest absolute Gasteiger partial charge is 0.379 e. The molecule has 2 aliphatic carbocycles. The quantitative estimate of drug-likeness (QED) is 0.692. The van der Waals surface area contributed by atoms with Crippen LogP contribution < -0.4 is 0 Å². The maximum absolute atomic E-state index is 13.0. The first-order valence-electron chi connectivity index (χ1n) is 7.07. The van der Waals surface area contributed by atoms with Crippen LogP contribution in [0.15, 0.2) is 0 Å². The summed E-state index contributed by atoms with van der Waals surface area (Å²) in [6.07, 6.45) is 2.13. The maximum Gasteiger partial charge on any atom is 0.164 e. The normalized spacial score (nSPS) is 55.4. The minimum atomic E-state index is -0.328. The summed E-state index contributed by atoms with van der Waals surface area (Å²) in [5.74, 6) is 0.836. The number of carbonyl (C=O) groups is 1. The zero-order chi connectivity index (χ0) is 12.6. The molecule has 2 saturated carbocycles. The van der Waals surface area contributed by atoms with Gasteiger partial charge in [0.15, 0.2) is 5.78 Å². The summed E-state index contributed by atoms with van der Waals surface area (Å²) in [5.41, 5.74) is -0.803. The Balaban J connectivity index is 1.80. The molecular weight excluding hydrogens is 230 g/mol. The summed E-state index contributed by atoms with van der Waals surface area (Å²) in [5, 5.41) is 0. The molecule has 0 N–H and O–H groups in total. The van der Waals surface area contributed by atoms with Gasteiger partial charge in [0.2, 0.25) is 0 Å². The van der Waals surface area contributed by atoms with Crippen LogP contribution in [0.2, 0.25) is 0 Å². The minimum Gasteiger partial charge on any atom is -0.379 e. The van der Waals surface area contributed by atoms with Gasteiger partial charge in [-0.05, 0) is 26.7 Å². The molecule has 0 radical (unpaired) electrons. The van der Waals surface area contributed by atoms with Gasteiger partial charge in [-0.15, -0.1) is 0 Å². The lowest BCUT2D eigenvalue weighted by molar-refractivity contribution is -0.163. The van der Waals surface area contributed by atoms with Gasteiger partial charge in [0, 0.05) is 19.0 Å². The minimum absolute atomic E-state index is 0.220. The van der Waals surface area contributed by atoms with Crippen LogP contribution in [0.25, 0.3) is 0 Å². The Morgan fingerprint density at radius 1 is 1.28 bits per heavy atom. The number of ether oxygens (including phenoxy) is 2. The van der Waals surface area contributed by atoms with E-state index < -0.39 is 0 Å². The second kappa shape index (κ2) is 3.17. The number of morpholine rings is 1. The van der Waals surface area contributed by atoms with Gasteiger partial charge in [-0.25, -0.2) is 0 Å². The molecule has 4 nitrogen and oxygen atoms in total. The molecule has 0 amide bonds. The van der Waals surface area contributed by atoms with Crippen LogP contribution in [0.3, 0.4) is 0 Å². The van der Waals surface area contributed by atoms with Crippen LogP contribution in [-0.2, 0) is 14.3 Å². The van der Waals surface area contributed by atoms with Crippen LogP contribution in [0.5, 0.6) is 0 Å². The summed E-state index contributed by atoms with van der Waals surface area (Å²) >= 11 is 0. The number of hydrogen-bond acceptors (Lipinski definition) is 4. The second-order valence-corrected chi connectivity index (χ2v) is 6.67. The van der Waals surface area contributed by atoms with Crippen LogP contribution in [0, 0.1) is 11.3 Å². The van der Waals surface area contributed by atoms with E-state index in [1.165, 1.54) is 0 Å². The van der Waals surface area contributed by atoms with Crippen molar-refractivity contribution in [2.24, 2.45) is 11.3 Å². The lowest BCUT2D eigenvalue weighted by atomic mass is 9.72. The summed E-state index contributed by atoms with van der Waals surface area (Å²) in [4.78, 5) is 15.4. The van der Waals surface area contributed by atoms with Crippen molar-refractivity contribution in [3.8, 4) is 0 Å². The fourth-order valence-electron chi connectivity index (χ4n) is 5.11. The van der Waals surface area contributed by atoms with Gasteiger partial charge in [-0.3, -0.25) is 9.69 Å². The fraction of sp³-hybridized carbons (Fsp3) is 0.929. The molecular formula is C14H21NO3. The van der Waals surface area contributed by atoms with Gasteiger partial charge in [-0.2, -0.15) is 0 Å². The molecule has 4 atom stereocenters. The molecule has 4 rings (SSSR count). The average Bonchev–Trinajstić information content (AvgIpc) is 2.88. The second-order valence-electron chi connectivity index (χ2n) is 6.67. The van der Waals surface area contributed by atoms with Crippen LogP contribution in [-0.4, -0.2) is 54.7 Å². The van der Waals surface area contributed by atoms with Crippen molar-refractivity contribution in [1.82, 2.24) is 4.90 Å². The molecule has 4 heteroatoms. The first kappa shape index (κ1) is 11.4. The van der Waals surface area contributed by atoms with Gasteiger partial charge in [0.1, 0.15) is 5.54 Å². The third kappa shape index (κ3) is 0.928. The molecule has 100 valence electrons. The van der Waals surface area contributed by atoms with Crippen molar-refractivity contribution in [1.29, 1.82) is 0 Å². The third-order valence-corrected chi connectivity index (χ3v) is 6.33. The standard InChI is InChI=1S/C14H21NO3/c1-12-4-3-10-13(12,2)18-9-14(10,11(12)16)15-5-7-17-8-6-15/h10H,3-9H2,1-2H3/t10-,12+,13-,14+/m1/s1. The molecule has 0 unspecified atom stereocenters. The summed E-state index contributed by atoms with van der Waals surface area (Å²) in [6.45, 7) is 8.12. The van der Waals surface area contributed by atoms with Crippen molar-refractivity contribution in [2.75, 3.05) is 32.9 Å². The predicted molar refractivity (Wildman–Crippen MR) is 65.3 cm³/mol. The molecule has 0 aromatic heterocycles. The number of ketones is 1. The summed E-state index contributed by atoms with van der Waals surface area (Å²) in [7, 11) is 0. The first-order chi connectivity index (χ1) is 8.56. The van der Waals surface area contributed by atoms with Gasteiger partial charge in [0.25, 0.3) is 0 Å². The zero-order valence-corrected chi connectivity index (χ0v) is 11.2. The Labute approximate surface area is 108 Å². The van der Waals surface area contributed by atoms with Gasteiger partial charge in [-0.1, -0.05) is 0 Å².